The number of nitrogens with zero attached hydrogens (tertiary/aromatic N) is 1. The first-order chi connectivity index (χ1) is 15.7. The van der Waals surface area contributed by atoms with Crippen LogP contribution in [0.3, 0.4) is 0 Å². The van der Waals surface area contributed by atoms with Gasteiger partial charge in [-0.05, 0) is 0 Å². The van der Waals surface area contributed by atoms with Crippen molar-refractivity contribution in [2.75, 3.05) is 13.2 Å². The van der Waals surface area contributed by atoms with Crippen LogP contribution in [0.15, 0.2) is 40.7 Å². The number of cyclic esters (lactones) is 1. The number of esters is 1. The molecular formula is C25H30FNO6Sn. The molecule has 1 aromatic carbocycles. The SMILES string of the molecule is C[C@@H]1OC(=O)C2=C1N(C(=O)OC(C)(C)C)C1=C(C(=O)COC1)[C@H]2c1ccc(F)[c]([Sn]([CH3])([CH3])[CH3])c1. The summed E-state index contributed by atoms with van der Waals surface area (Å²) in [5.41, 5.74) is 1.02. The van der Waals surface area contributed by atoms with Gasteiger partial charge >= 0.3 is 203 Å². The van der Waals surface area contributed by atoms with Crippen molar-refractivity contribution in [3.63, 3.8) is 0 Å². The zero-order valence-corrected chi connectivity index (χ0v) is 23.4. The molecule has 34 heavy (non-hydrogen) atoms. The van der Waals surface area contributed by atoms with E-state index in [1.54, 1.807) is 39.8 Å². The minimum absolute atomic E-state index is 0.00105. The first-order valence-corrected chi connectivity index (χ1v) is 21.3. The number of hydrogen-bond acceptors (Lipinski definition) is 6. The number of carbonyl (C=O) groups excluding carboxylic acids is 3. The van der Waals surface area contributed by atoms with Crippen molar-refractivity contribution < 1.29 is 33.0 Å². The normalized spacial score (nSPS) is 23.1. The third-order valence-corrected chi connectivity index (χ3v) is 11.7. The molecule has 0 fully saturated rings. The molecule has 0 radical (unpaired) electrons. The Bertz CT molecular complexity index is 1150. The second kappa shape index (κ2) is 8.48. The maximum absolute atomic E-state index is 14.8. The number of rotatable bonds is 2. The summed E-state index contributed by atoms with van der Waals surface area (Å²) in [6, 6.07) is 4.80. The molecule has 3 aliphatic heterocycles. The van der Waals surface area contributed by atoms with Gasteiger partial charge in [0.1, 0.15) is 0 Å². The second-order valence-corrected chi connectivity index (χ2v) is 25.2. The van der Waals surface area contributed by atoms with E-state index in [2.05, 4.69) is 14.8 Å². The van der Waals surface area contributed by atoms with Crippen molar-refractivity contribution in [1.82, 2.24) is 4.90 Å². The van der Waals surface area contributed by atoms with Crippen molar-refractivity contribution in [3.05, 3.63) is 52.1 Å². The Hall–Kier alpha value is -2.20. The Morgan fingerprint density at radius 1 is 1.15 bits per heavy atom. The molecule has 0 spiro atoms. The number of amides is 1. The molecule has 9 heteroatoms. The van der Waals surface area contributed by atoms with E-state index in [1.165, 1.54) is 11.0 Å². The van der Waals surface area contributed by atoms with Gasteiger partial charge in [0.05, 0.1) is 0 Å². The second-order valence-electron chi connectivity index (χ2n) is 10.9. The van der Waals surface area contributed by atoms with Crippen molar-refractivity contribution in [1.29, 1.82) is 0 Å². The third kappa shape index (κ3) is 4.30. The van der Waals surface area contributed by atoms with E-state index in [-0.39, 0.29) is 30.4 Å². The van der Waals surface area contributed by atoms with E-state index >= 15 is 0 Å². The van der Waals surface area contributed by atoms with Crippen LogP contribution in [0, 0.1) is 5.82 Å². The van der Waals surface area contributed by atoms with Crippen LogP contribution < -0.4 is 3.58 Å². The Labute approximate surface area is 202 Å². The van der Waals surface area contributed by atoms with Gasteiger partial charge in [0.2, 0.25) is 0 Å². The molecule has 3 heterocycles. The number of Topliss-reactive ketones (excluding diaryl/α,β-unsaturated/α-hetero) is 1. The van der Waals surface area contributed by atoms with Gasteiger partial charge in [0.15, 0.2) is 0 Å². The molecule has 0 aliphatic carbocycles. The van der Waals surface area contributed by atoms with Gasteiger partial charge in [-0.15, -0.1) is 0 Å². The van der Waals surface area contributed by atoms with Crippen LogP contribution in [0.2, 0.25) is 14.8 Å². The molecule has 0 aromatic heterocycles. The molecule has 0 bridgehead atoms. The van der Waals surface area contributed by atoms with E-state index in [0.29, 0.717) is 26.1 Å². The summed E-state index contributed by atoms with van der Waals surface area (Å²) in [6.07, 6.45) is -1.44. The predicted octanol–water partition coefficient (Wildman–Crippen LogP) is 3.76. The third-order valence-electron chi connectivity index (χ3n) is 6.04. The fourth-order valence-corrected chi connectivity index (χ4v) is 8.67. The molecule has 0 N–H and O–H groups in total. The van der Waals surface area contributed by atoms with E-state index in [0.717, 1.165) is 0 Å². The summed E-state index contributed by atoms with van der Waals surface area (Å²) in [6.45, 7) is 6.72. The zero-order chi connectivity index (χ0) is 25.2. The van der Waals surface area contributed by atoms with Gasteiger partial charge in [-0.3, -0.25) is 0 Å². The molecule has 0 saturated heterocycles. The van der Waals surface area contributed by atoms with Gasteiger partial charge in [-0.1, -0.05) is 0 Å². The standard InChI is InChI=1S/C22H21FNO6.3CH3.Sn/c1-11-19-18(20(26)29-11)16(12-5-7-13(23)8-6-12)17-14(9-28-10-15(17)25)24(19)21(27)30-22(2,3)4;;;;/h5-7,11,16H,9-10H2,1-4H3;3*1H3;/t11-,16+;;;;/m0..../s1. The van der Waals surface area contributed by atoms with Gasteiger partial charge in [-0.25, -0.2) is 0 Å². The summed E-state index contributed by atoms with van der Waals surface area (Å²) < 4.78 is 32.1. The Morgan fingerprint density at radius 2 is 1.82 bits per heavy atom. The number of carbonyl (C=O) groups is 3. The van der Waals surface area contributed by atoms with Crippen molar-refractivity contribution in [2.45, 2.75) is 60.1 Å². The first kappa shape index (κ1) is 24.9. The quantitative estimate of drug-likeness (QED) is 0.393. The Kier molecular flexibility index (Phi) is 6.21. The average molecular weight is 578 g/mol. The van der Waals surface area contributed by atoms with E-state index < -0.39 is 48.1 Å². The van der Waals surface area contributed by atoms with E-state index in [9.17, 15) is 18.8 Å². The molecule has 7 nitrogen and oxygen atoms in total. The monoisotopic (exact) mass is 579 g/mol. The topological polar surface area (TPSA) is 82.1 Å². The number of halogens is 1. The number of ether oxygens (including phenoxy) is 3. The van der Waals surface area contributed by atoms with E-state index in [4.69, 9.17) is 14.2 Å². The van der Waals surface area contributed by atoms with Crippen LogP contribution in [0.4, 0.5) is 9.18 Å². The van der Waals surface area contributed by atoms with Gasteiger partial charge < -0.3 is 0 Å². The maximum atomic E-state index is 14.8. The summed E-state index contributed by atoms with van der Waals surface area (Å²) >= 11 is -2.88. The molecule has 4 rings (SSSR count). The minimum atomic E-state index is -2.88. The number of hydrogen-bond donors (Lipinski definition) is 0. The van der Waals surface area contributed by atoms with Gasteiger partial charge in [0.25, 0.3) is 0 Å². The average Bonchev–Trinajstić information content (AvgIpc) is 2.99. The van der Waals surface area contributed by atoms with Crippen molar-refractivity contribution in [2.24, 2.45) is 0 Å². The molecule has 0 saturated carbocycles. The number of ketones is 1. The zero-order valence-electron chi connectivity index (χ0n) is 20.6. The number of benzene rings is 1. The summed E-state index contributed by atoms with van der Waals surface area (Å²) in [5.74, 6) is -1.98. The van der Waals surface area contributed by atoms with Crippen LogP contribution in [0.1, 0.15) is 39.2 Å². The first-order valence-electron chi connectivity index (χ1n) is 11.3. The summed E-state index contributed by atoms with van der Waals surface area (Å²) in [4.78, 5) is 47.2. The predicted molar refractivity (Wildman–Crippen MR) is 126 cm³/mol. The van der Waals surface area contributed by atoms with Gasteiger partial charge in [0, 0.05) is 0 Å². The van der Waals surface area contributed by atoms with Crippen LogP contribution >= 0.6 is 0 Å². The summed E-state index contributed by atoms with van der Waals surface area (Å²) in [5, 5.41) is 0. The molecule has 1 aromatic rings. The van der Waals surface area contributed by atoms with E-state index in [1.807, 2.05) is 0 Å². The van der Waals surface area contributed by atoms with Crippen LogP contribution in [0.25, 0.3) is 0 Å². The Balaban J connectivity index is 1.97. The summed E-state index contributed by atoms with van der Waals surface area (Å²) in [7, 11) is 0. The van der Waals surface area contributed by atoms with Crippen LogP contribution in [-0.2, 0) is 23.8 Å². The van der Waals surface area contributed by atoms with Crippen molar-refractivity contribution >= 4 is 39.8 Å². The fraction of sp³-hybridized carbons (Fsp3) is 0.480. The Morgan fingerprint density at radius 3 is 2.44 bits per heavy atom. The van der Waals surface area contributed by atoms with Gasteiger partial charge in [-0.2, -0.15) is 0 Å². The van der Waals surface area contributed by atoms with Crippen molar-refractivity contribution in [3.8, 4) is 0 Å². The molecule has 2 atom stereocenters. The molecular weight excluding hydrogens is 548 g/mol. The molecule has 0 unspecified atom stereocenters. The molecule has 182 valence electrons. The van der Waals surface area contributed by atoms with Crippen LogP contribution in [-0.4, -0.2) is 66.0 Å². The van der Waals surface area contributed by atoms with Crippen LogP contribution in [0.5, 0.6) is 0 Å². The molecule has 3 aliphatic rings. The molecule has 1 amide bonds. The fourth-order valence-electron chi connectivity index (χ4n) is 4.68.